The molecule has 68 valence electrons. The topological polar surface area (TPSA) is 53.7 Å². The second-order valence-electron chi connectivity index (χ2n) is 2.79. The first kappa shape index (κ1) is 9.41. The highest BCUT2D eigenvalue weighted by molar-refractivity contribution is 7.71. The van der Waals surface area contributed by atoms with E-state index in [1.807, 2.05) is 13.8 Å². The minimum absolute atomic E-state index is 0.270. The number of aromatic nitrogens is 3. The molecule has 4 nitrogen and oxygen atoms in total. The molecule has 0 fully saturated rings. The standard InChI is InChI=1S/C7H13N3OS/c1-5(2)11-4-3-6-8-7(12)10-9-6/h5H,3-4H2,1-2H3,(H2,8,9,10,12). The summed E-state index contributed by atoms with van der Waals surface area (Å²) in [7, 11) is 0. The summed E-state index contributed by atoms with van der Waals surface area (Å²) in [6, 6.07) is 0. The van der Waals surface area contributed by atoms with Gasteiger partial charge < -0.3 is 9.72 Å². The third-order valence-corrected chi connectivity index (χ3v) is 1.53. The zero-order valence-electron chi connectivity index (χ0n) is 7.26. The average Bonchev–Trinajstić information content (AvgIpc) is 2.35. The van der Waals surface area contributed by atoms with Crippen LogP contribution in [0, 0.1) is 4.77 Å². The summed E-state index contributed by atoms with van der Waals surface area (Å²) < 4.78 is 5.91. The maximum atomic E-state index is 5.35. The molecule has 0 saturated heterocycles. The maximum Gasteiger partial charge on any atom is 0.192 e. The minimum atomic E-state index is 0.270. The summed E-state index contributed by atoms with van der Waals surface area (Å²) in [5, 5.41) is 6.61. The number of aromatic amines is 2. The Balaban J connectivity index is 2.29. The zero-order chi connectivity index (χ0) is 8.97. The Morgan fingerprint density at radius 3 is 2.83 bits per heavy atom. The highest BCUT2D eigenvalue weighted by Crippen LogP contribution is 1.93. The van der Waals surface area contributed by atoms with Gasteiger partial charge in [-0.25, -0.2) is 0 Å². The van der Waals surface area contributed by atoms with Crippen LogP contribution in [0.4, 0.5) is 0 Å². The van der Waals surface area contributed by atoms with E-state index >= 15 is 0 Å². The average molecular weight is 187 g/mol. The Kier molecular flexibility index (Phi) is 3.43. The second kappa shape index (κ2) is 4.37. The van der Waals surface area contributed by atoms with Gasteiger partial charge in [0, 0.05) is 6.42 Å². The normalized spacial score (nSPS) is 10.9. The van der Waals surface area contributed by atoms with Crippen molar-refractivity contribution in [2.24, 2.45) is 0 Å². The molecule has 0 saturated carbocycles. The highest BCUT2D eigenvalue weighted by atomic mass is 32.1. The smallest absolute Gasteiger partial charge is 0.192 e. The minimum Gasteiger partial charge on any atom is -0.378 e. The predicted molar refractivity (Wildman–Crippen MR) is 48.6 cm³/mol. The van der Waals surface area contributed by atoms with Crippen LogP contribution in [0.1, 0.15) is 19.7 Å². The van der Waals surface area contributed by atoms with Crippen molar-refractivity contribution in [1.82, 2.24) is 15.2 Å². The second-order valence-corrected chi connectivity index (χ2v) is 3.20. The molecule has 12 heavy (non-hydrogen) atoms. The fraction of sp³-hybridized carbons (Fsp3) is 0.714. The van der Waals surface area contributed by atoms with Gasteiger partial charge in [-0.1, -0.05) is 0 Å². The van der Waals surface area contributed by atoms with Gasteiger partial charge in [0.05, 0.1) is 12.7 Å². The summed E-state index contributed by atoms with van der Waals surface area (Å²) in [4.78, 5) is 2.92. The molecule has 0 amide bonds. The van der Waals surface area contributed by atoms with Crippen molar-refractivity contribution >= 4 is 12.2 Å². The number of hydrogen-bond acceptors (Lipinski definition) is 3. The van der Waals surface area contributed by atoms with Crippen molar-refractivity contribution in [3.8, 4) is 0 Å². The van der Waals surface area contributed by atoms with Gasteiger partial charge in [-0.3, -0.25) is 5.10 Å². The third-order valence-electron chi connectivity index (χ3n) is 1.34. The highest BCUT2D eigenvalue weighted by Gasteiger charge is 1.97. The molecule has 0 aliphatic rings. The maximum absolute atomic E-state index is 5.35. The quantitative estimate of drug-likeness (QED) is 0.701. The molecular weight excluding hydrogens is 174 g/mol. The Labute approximate surface area is 76.3 Å². The Hall–Kier alpha value is -0.680. The molecule has 0 unspecified atom stereocenters. The molecule has 1 rings (SSSR count). The van der Waals surface area contributed by atoms with Crippen molar-refractivity contribution < 1.29 is 4.74 Å². The SMILES string of the molecule is CC(C)OCCc1n[nH]c(=S)[nH]1. The van der Waals surface area contributed by atoms with Crippen LogP contribution in [0.15, 0.2) is 0 Å². The predicted octanol–water partition coefficient (Wildman–Crippen LogP) is 1.43. The fourth-order valence-electron chi connectivity index (χ4n) is 0.815. The lowest BCUT2D eigenvalue weighted by Gasteiger charge is -2.04. The first-order valence-corrected chi connectivity index (χ1v) is 4.34. The fourth-order valence-corrected chi connectivity index (χ4v) is 0.978. The molecular formula is C7H13N3OS. The molecule has 5 heteroatoms. The van der Waals surface area contributed by atoms with E-state index < -0.39 is 0 Å². The summed E-state index contributed by atoms with van der Waals surface area (Å²) in [6.07, 6.45) is 1.04. The van der Waals surface area contributed by atoms with E-state index in [-0.39, 0.29) is 6.10 Å². The summed E-state index contributed by atoms with van der Waals surface area (Å²) in [6.45, 7) is 4.69. The van der Waals surface area contributed by atoms with Crippen LogP contribution in [0.25, 0.3) is 0 Å². The van der Waals surface area contributed by atoms with Crippen LogP contribution >= 0.6 is 12.2 Å². The van der Waals surface area contributed by atoms with Crippen molar-refractivity contribution in [2.45, 2.75) is 26.4 Å². The van der Waals surface area contributed by atoms with E-state index in [2.05, 4.69) is 15.2 Å². The number of nitrogens with zero attached hydrogens (tertiary/aromatic N) is 1. The van der Waals surface area contributed by atoms with Crippen LogP contribution in [0.5, 0.6) is 0 Å². The van der Waals surface area contributed by atoms with Crippen LogP contribution in [0.3, 0.4) is 0 Å². The van der Waals surface area contributed by atoms with Gasteiger partial charge in [-0.2, -0.15) is 5.10 Å². The van der Waals surface area contributed by atoms with Crippen LogP contribution < -0.4 is 0 Å². The van der Waals surface area contributed by atoms with Gasteiger partial charge in [0.25, 0.3) is 0 Å². The van der Waals surface area contributed by atoms with E-state index in [0.29, 0.717) is 11.4 Å². The molecule has 0 radical (unpaired) electrons. The molecule has 0 aliphatic carbocycles. The molecule has 0 aliphatic heterocycles. The van der Waals surface area contributed by atoms with E-state index in [0.717, 1.165) is 12.2 Å². The third kappa shape index (κ3) is 3.15. The Morgan fingerprint density at radius 1 is 1.58 bits per heavy atom. The number of nitrogens with one attached hydrogen (secondary N) is 2. The van der Waals surface area contributed by atoms with Gasteiger partial charge in [0.15, 0.2) is 4.77 Å². The summed E-state index contributed by atoms with van der Waals surface area (Å²) in [5.74, 6) is 0.848. The lowest BCUT2D eigenvalue weighted by Crippen LogP contribution is -2.06. The molecule has 0 atom stereocenters. The molecule has 1 aromatic rings. The van der Waals surface area contributed by atoms with Crippen molar-refractivity contribution in [3.63, 3.8) is 0 Å². The van der Waals surface area contributed by atoms with E-state index in [9.17, 15) is 0 Å². The van der Waals surface area contributed by atoms with Crippen molar-refractivity contribution in [3.05, 3.63) is 10.6 Å². The van der Waals surface area contributed by atoms with Gasteiger partial charge in [-0.05, 0) is 26.1 Å². The Morgan fingerprint density at radius 2 is 2.33 bits per heavy atom. The molecule has 0 aromatic carbocycles. The van der Waals surface area contributed by atoms with Crippen LogP contribution in [0.2, 0.25) is 0 Å². The monoisotopic (exact) mass is 187 g/mol. The molecule has 1 aromatic heterocycles. The number of rotatable bonds is 4. The molecule has 2 N–H and O–H groups in total. The van der Waals surface area contributed by atoms with E-state index in [1.165, 1.54) is 0 Å². The van der Waals surface area contributed by atoms with Crippen LogP contribution in [-0.4, -0.2) is 27.9 Å². The Bertz CT molecular complexity index is 278. The van der Waals surface area contributed by atoms with Gasteiger partial charge in [0.1, 0.15) is 5.82 Å². The summed E-state index contributed by atoms with van der Waals surface area (Å²) in [5.41, 5.74) is 0. The largest absolute Gasteiger partial charge is 0.378 e. The lowest BCUT2D eigenvalue weighted by molar-refractivity contribution is 0.0804. The first-order chi connectivity index (χ1) is 5.68. The molecule has 0 spiro atoms. The molecule has 0 bridgehead atoms. The van der Waals surface area contributed by atoms with Gasteiger partial charge >= 0.3 is 0 Å². The van der Waals surface area contributed by atoms with E-state index in [4.69, 9.17) is 17.0 Å². The number of hydrogen-bond donors (Lipinski definition) is 2. The van der Waals surface area contributed by atoms with Crippen molar-refractivity contribution in [2.75, 3.05) is 6.61 Å². The summed E-state index contributed by atoms with van der Waals surface area (Å²) >= 11 is 4.82. The van der Waals surface area contributed by atoms with Gasteiger partial charge in [0.2, 0.25) is 0 Å². The van der Waals surface area contributed by atoms with E-state index in [1.54, 1.807) is 0 Å². The first-order valence-electron chi connectivity index (χ1n) is 3.93. The number of H-pyrrole nitrogens is 2. The number of ether oxygens (including phenoxy) is 1. The lowest BCUT2D eigenvalue weighted by atomic mass is 10.4. The van der Waals surface area contributed by atoms with Crippen molar-refractivity contribution in [1.29, 1.82) is 0 Å². The van der Waals surface area contributed by atoms with Crippen LogP contribution in [-0.2, 0) is 11.2 Å². The zero-order valence-corrected chi connectivity index (χ0v) is 8.07. The molecule has 1 heterocycles. The van der Waals surface area contributed by atoms with Gasteiger partial charge in [-0.15, -0.1) is 0 Å².